The number of para-hydroxylation sites is 2. The number of fused-ring (bicyclic) bond motifs is 2. The van der Waals surface area contributed by atoms with Crippen molar-refractivity contribution < 1.29 is 19.1 Å². The van der Waals surface area contributed by atoms with Crippen molar-refractivity contribution in [2.24, 2.45) is 0 Å². The van der Waals surface area contributed by atoms with Crippen molar-refractivity contribution in [1.82, 2.24) is 20.6 Å². The minimum absolute atomic E-state index is 0.0906. The summed E-state index contributed by atoms with van der Waals surface area (Å²) in [7, 11) is 3.28. The van der Waals surface area contributed by atoms with Gasteiger partial charge in [-0.05, 0) is 85.6 Å². The summed E-state index contributed by atoms with van der Waals surface area (Å²) in [4.78, 5) is 36.2. The van der Waals surface area contributed by atoms with E-state index in [0.29, 0.717) is 24.2 Å². The first kappa shape index (κ1) is 34.1. The largest absolute Gasteiger partial charge is 0.497 e. The molecule has 0 aliphatic carbocycles. The van der Waals surface area contributed by atoms with Gasteiger partial charge in [-0.25, -0.2) is 9.97 Å². The number of ether oxygens (including phenoxy) is 2. The highest BCUT2D eigenvalue weighted by Gasteiger charge is 2.15. The Morgan fingerprint density at radius 3 is 1.30 bits per heavy atom. The van der Waals surface area contributed by atoms with Crippen LogP contribution < -0.4 is 20.1 Å². The molecule has 0 unspecified atom stereocenters. The van der Waals surface area contributed by atoms with Crippen molar-refractivity contribution in [1.29, 1.82) is 0 Å². The summed E-state index contributed by atoms with van der Waals surface area (Å²) in [6.07, 6.45) is 6.01. The molecule has 0 bridgehead atoms. The zero-order valence-electron chi connectivity index (χ0n) is 28.6. The second-order valence-electron chi connectivity index (χ2n) is 12.2. The van der Waals surface area contributed by atoms with Crippen LogP contribution in [-0.2, 0) is 0 Å². The lowest BCUT2D eigenvalue weighted by Crippen LogP contribution is -2.25. The molecule has 0 aliphatic rings. The molecule has 0 saturated heterocycles. The number of hydrogen-bond donors (Lipinski definition) is 2. The van der Waals surface area contributed by atoms with Gasteiger partial charge < -0.3 is 20.1 Å². The number of nitrogens with zero attached hydrogens (tertiary/aromatic N) is 2. The number of amides is 2. The Morgan fingerprint density at radius 2 is 0.900 bits per heavy atom. The van der Waals surface area contributed by atoms with E-state index in [4.69, 9.17) is 19.4 Å². The first-order valence-electron chi connectivity index (χ1n) is 17.2. The van der Waals surface area contributed by atoms with Gasteiger partial charge in [0.25, 0.3) is 11.8 Å². The number of carbonyl (C=O) groups excluding carboxylic acids is 2. The quantitative estimate of drug-likeness (QED) is 0.106. The maximum absolute atomic E-state index is 13.3. The van der Waals surface area contributed by atoms with Gasteiger partial charge in [-0.3, -0.25) is 9.59 Å². The molecule has 0 fully saturated rings. The molecule has 8 heteroatoms. The number of nitrogens with one attached hydrogen (secondary N) is 2. The molecule has 50 heavy (non-hydrogen) atoms. The summed E-state index contributed by atoms with van der Waals surface area (Å²) in [6.45, 7) is 1.23. The maximum atomic E-state index is 13.3. The van der Waals surface area contributed by atoms with Gasteiger partial charge in [0.1, 0.15) is 11.5 Å². The number of methoxy groups -OCH3 is 2. The highest BCUT2D eigenvalue weighted by atomic mass is 16.5. The Hall–Kier alpha value is -5.76. The van der Waals surface area contributed by atoms with Crippen molar-refractivity contribution in [2.75, 3.05) is 27.3 Å². The van der Waals surface area contributed by atoms with Gasteiger partial charge >= 0.3 is 0 Å². The molecule has 6 rings (SSSR count). The molecular weight excluding hydrogens is 624 g/mol. The summed E-state index contributed by atoms with van der Waals surface area (Å²) in [5, 5.41) is 7.90. The van der Waals surface area contributed by atoms with E-state index in [2.05, 4.69) is 10.6 Å². The average molecular weight is 667 g/mol. The van der Waals surface area contributed by atoms with E-state index >= 15 is 0 Å². The van der Waals surface area contributed by atoms with Crippen molar-refractivity contribution in [3.8, 4) is 34.0 Å². The zero-order chi connectivity index (χ0) is 34.7. The van der Waals surface area contributed by atoms with E-state index in [9.17, 15) is 9.59 Å². The second kappa shape index (κ2) is 16.6. The Balaban J connectivity index is 0.940. The van der Waals surface area contributed by atoms with Crippen LogP contribution in [0.3, 0.4) is 0 Å². The van der Waals surface area contributed by atoms with Gasteiger partial charge in [-0.2, -0.15) is 0 Å². The van der Waals surface area contributed by atoms with Crippen LogP contribution >= 0.6 is 0 Å². The molecule has 8 nitrogen and oxygen atoms in total. The molecule has 2 N–H and O–H groups in total. The third-order valence-electron chi connectivity index (χ3n) is 8.87. The van der Waals surface area contributed by atoms with Crippen molar-refractivity contribution in [2.45, 2.75) is 38.5 Å². The summed E-state index contributed by atoms with van der Waals surface area (Å²) >= 11 is 0. The molecule has 2 aromatic heterocycles. The first-order valence-corrected chi connectivity index (χ1v) is 17.2. The standard InChI is InChI=1S/C42H42N4O4/c1-49-31-21-17-29(18-22-31)39-27-35(33-13-7-9-15-37(33)45-39)41(47)43-25-11-5-3-4-6-12-26-44-42(48)36-28-40(30-19-23-32(50-2)24-20-30)46-38-16-10-8-14-34(36)38/h7-10,13-24,27-28H,3-6,11-12,25-26H2,1-2H3,(H,43,47)(H,44,48). The summed E-state index contributed by atoms with van der Waals surface area (Å²) < 4.78 is 10.6. The predicted molar refractivity (Wildman–Crippen MR) is 200 cm³/mol. The predicted octanol–water partition coefficient (Wildman–Crippen LogP) is 8.63. The molecule has 0 spiro atoms. The van der Waals surface area contributed by atoms with Crippen LogP contribution in [0.5, 0.6) is 11.5 Å². The number of unbranched alkanes of at least 4 members (excludes halogenated alkanes) is 5. The number of pyridine rings is 2. The van der Waals surface area contributed by atoms with Gasteiger partial charge in [0.15, 0.2) is 0 Å². The van der Waals surface area contributed by atoms with Gasteiger partial charge in [-0.1, -0.05) is 62.1 Å². The fourth-order valence-corrected chi connectivity index (χ4v) is 6.10. The summed E-state index contributed by atoms with van der Waals surface area (Å²) in [6, 6.07) is 34.6. The summed E-state index contributed by atoms with van der Waals surface area (Å²) in [5.41, 5.74) is 6.18. The van der Waals surface area contributed by atoms with Gasteiger partial charge in [0.2, 0.25) is 0 Å². The number of aromatic nitrogens is 2. The Morgan fingerprint density at radius 1 is 0.520 bits per heavy atom. The highest BCUT2D eigenvalue weighted by Crippen LogP contribution is 2.28. The van der Waals surface area contributed by atoms with Crippen LogP contribution in [0.4, 0.5) is 0 Å². The molecular formula is C42H42N4O4. The molecule has 2 amide bonds. The van der Waals surface area contributed by atoms with E-state index in [-0.39, 0.29) is 11.8 Å². The Bertz CT molecular complexity index is 1930. The molecule has 0 saturated carbocycles. The molecule has 254 valence electrons. The number of hydrogen-bond acceptors (Lipinski definition) is 6. The van der Waals surface area contributed by atoms with E-state index in [1.165, 1.54) is 0 Å². The van der Waals surface area contributed by atoms with E-state index < -0.39 is 0 Å². The Labute approximate surface area is 292 Å². The van der Waals surface area contributed by atoms with E-state index in [1.54, 1.807) is 14.2 Å². The van der Waals surface area contributed by atoms with E-state index in [0.717, 1.165) is 94.3 Å². The van der Waals surface area contributed by atoms with Crippen molar-refractivity contribution in [3.05, 3.63) is 120 Å². The van der Waals surface area contributed by atoms with Crippen LogP contribution in [0.1, 0.15) is 59.2 Å². The summed E-state index contributed by atoms with van der Waals surface area (Å²) in [5.74, 6) is 1.36. The molecule has 2 heterocycles. The van der Waals surface area contributed by atoms with Crippen molar-refractivity contribution in [3.63, 3.8) is 0 Å². The normalized spacial score (nSPS) is 11.0. The molecule has 0 aliphatic heterocycles. The maximum Gasteiger partial charge on any atom is 0.252 e. The van der Waals surface area contributed by atoms with Gasteiger partial charge in [0.05, 0.1) is 47.8 Å². The minimum atomic E-state index is -0.0906. The second-order valence-corrected chi connectivity index (χ2v) is 12.2. The smallest absolute Gasteiger partial charge is 0.252 e. The number of carbonyl (C=O) groups is 2. The van der Waals surface area contributed by atoms with Crippen LogP contribution in [0.2, 0.25) is 0 Å². The SMILES string of the molecule is COc1ccc(-c2cc(C(=O)NCCCCCCCCNC(=O)c3cc(-c4ccc(OC)cc4)nc4ccccc34)c3ccccc3n2)cc1. The van der Waals surface area contributed by atoms with Crippen LogP contribution in [0.25, 0.3) is 44.3 Å². The number of rotatable bonds is 15. The lowest BCUT2D eigenvalue weighted by Gasteiger charge is -2.11. The minimum Gasteiger partial charge on any atom is -0.497 e. The first-order chi connectivity index (χ1) is 24.5. The van der Waals surface area contributed by atoms with Crippen LogP contribution in [-0.4, -0.2) is 49.1 Å². The van der Waals surface area contributed by atoms with Crippen molar-refractivity contribution >= 4 is 33.6 Å². The van der Waals surface area contributed by atoms with E-state index in [1.807, 2.05) is 109 Å². The number of benzene rings is 4. The Kier molecular flexibility index (Phi) is 11.3. The topological polar surface area (TPSA) is 102 Å². The molecule has 0 radical (unpaired) electrons. The third kappa shape index (κ3) is 8.26. The van der Waals surface area contributed by atoms with Crippen LogP contribution in [0.15, 0.2) is 109 Å². The van der Waals surface area contributed by atoms with Gasteiger partial charge in [-0.15, -0.1) is 0 Å². The average Bonchev–Trinajstić information content (AvgIpc) is 3.17. The molecule has 6 aromatic rings. The lowest BCUT2D eigenvalue weighted by atomic mass is 10.0. The third-order valence-corrected chi connectivity index (χ3v) is 8.87. The molecule has 0 atom stereocenters. The lowest BCUT2D eigenvalue weighted by molar-refractivity contribution is 0.0946. The van der Waals surface area contributed by atoms with Crippen LogP contribution in [0, 0.1) is 0 Å². The monoisotopic (exact) mass is 666 g/mol. The fourth-order valence-electron chi connectivity index (χ4n) is 6.10. The zero-order valence-corrected chi connectivity index (χ0v) is 28.6. The fraction of sp³-hybridized carbons (Fsp3) is 0.238. The molecule has 4 aromatic carbocycles. The van der Waals surface area contributed by atoms with Gasteiger partial charge in [0, 0.05) is 35.0 Å². The highest BCUT2D eigenvalue weighted by molar-refractivity contribution is 6.08.